The molecule has 0 aliphatic heterocycles. The smallest absolute Gasteiger partial charge is 0.127 e. The quantitative estimate of drug-likeness (QED) is 0.391. The number of nitrogens with two attached hydrogens (primary N) is 1. The van der Waals surface area contributed by atoms with Gasteiger partial charge in [-0.2, -0.15) is 0 Å². The van der Waals surface area contributed by atoms with E-state index in [1.807, 2.05) is 0 Å². The van der Waals surface area contributed by atoms with E-state index < -0.39 is 0 Å². The molecule has 2 unspecified atom stereocenters. The van der Waals surface area contributed by atoms with Gasteiger partial charge >= 0.3 is 0 Å². The van der Waals surface area contributed by atoms with E-state index in [0.717, 1.165) is 5.92 Å². The Morgan fingerprint density at radius 1 is 1.40 bits per heavy atom. The van der Waals surface area contributed by atoms with Crippen LogP contribution in [0.1, 0.15) is 39.0 Å². The van der Waals surface area contributed by atoms with E-state index in [1.165, 1.54) is 32.1 Å². The van der Waals surface area contributed by atoms with Gasteiger partial charge in [0.2, 0.25) is 0 Å². The lowest BCUT2D eigenvalue weighted by molar-refractivity contribution is 0.483. The second kappa shape index (κ2) is 2.95. The summed E-state index contributed by atoms with van der Waals surface area (Å²) < 4.78 is 0. The number of hydrogen-bond acceptors (Lipinski definition) is 1. The molecule has 0 spiro atoms. The maximum Gasteiger partial charge on any atom is 0.127 e. The van der Waals surface area contributed by atoms with E-state index in [0.29, 0.717) is 0 Å². The lowest BCUT2D eigenvalue weighted by atomic mass is 9.73. The molecule has 0 amide bonds. The predicted octanol–water partition coefficient (Wildman–Crippen LogP) is 0.875. The summed E-state index contributed by atoms with van der Waals surface area (Å²) in [6.07, 6.45) is 6.47. The van der Waals surface area contributed by atoms with Crippen molar-refractivity contribution in [2.24, 2.45) is 11.7 Å². The van der Waals surface area contributed by atoms with Crippen LogP contribution in [0.4, 0.5) is 0 Å². The Morgan fingerprint density at radius 2 is 2.10 bits per heavy atom. The third-order valence-electron chi connectivity index (χ3n) is 2.65. The van der Waals surface area contributed by atoms with Crippen LogP contribution < -0.4 is 5.73 Å². The first-order valence-electron chi connectivity index (χ1n) is 4.39. The SMILES string of the molecule is BC1(N)CCCC(C)CC1. The second-order valence-electron chi connectivity index (χ2n) is 4.19. The zero-order chi connectivity index (χ0) is 7.61. The average Bonchev–Trinajstić information content (AvgIpc) is 1.94. The molecule has 0 heterocycles. The summed E-state index contributed by atoms with van der Waals surface area (Å²) >= 11 is 0. The van der Waals surface area contributed by atoms with E-state index in [1.54, 1.807) is 0 Å². The van der Waals surface area contributed by atoms with E-state index >= 15 is 0 Å². The first-order chi connectivity index (χ1) is 4.60. The van der Waals surface area contributed by atoms with Gasteiger partial charge in [0.05, 0.1) is 0 Å². The Hall–Kier alpha value is 0.0249. The van der Waals surface area contributed by atoms with Gasteiger partial charge in [0, 0.05) is 0 Å². The van der Waals surface area contributed by atoms with Crippen LogP contribution in [0, 0.1) is 5.92 Å². The van der Waals surface area contributed by atoms with Crippen molar-refractivity contribution in [2.45, 2.75) is 44.5 Å². The van der Waals surface area contributed by atoms with Gasteiger partial charge in [-0.05, 0) is 30.6 Å². The average molecular weight is 139 g/mol. The molecule has 10 heavy (non-hydrogen) atoms. The fraction of sp³-hybridized carbons (Fsp3) is 1.00. The topological polar surface area (TPSA) is 26.0 Å². The van der Waals surface area contributed by atoms with Crippen LogP contribution in [-0.2, 0) is 0 Å². The van der Waals surface area contributed by atoms with Crippen molar-refractivity contribution in [3.8, 4) is 0 Å². The highest BCUT2D eigenvalue weighted by Gasteiger charge is 2.22. The number of rotatable bonds is 0. The van der Waals surface area contributed by atoms with Gasteiger partial charge < -0.3 is 5.73 Å². The fourth-order valence-electron chi connectivity index (χ4n) is 1.70. The van der Waals surface area contributed by atoms with Gasteiger partial charge in [-0.15, -0.1) is 0 Å². The Balaban J connectivity index is 2.41. The molecule has 1 aliphatic carbocycles. The molecule has 2 heteroatoms. The summed E-state index contributed by atoms with van der Waals surface area (Å²) in [6, 6.07) is 0. The zero-order valence-corrected chi connectivity index (χ0v) is 7.19. The zero-order valence-electron chi connectivity index (χ0n) is 7.19. The van der Waals surface area contributed by atoms with Crippen molar-refractivity contribution < 1.29 is 0 Å². The minimum Gasteiger partial charge on any atom is -0.332 e. The van der Waals surface area contributed by atoms with Crippen LogP contribution in [0.25, 0.3) is 0 Å². The van der Waals surface area contributed by atoms with Crippen LogP contribution in [-0.4, -0.2) is 13.3 Å². The molecule has 0 aromatic rings. The summed E-state index contributed by atoms with van der Waals surface area (Å²) in [6.45, 7) is 2.33. The summed E-state index contributed by atoms with van der Waals surface area (Å²) in [4.78, 5) is 0. The highest BCUT2D eigenvalue weighted by Crippen LogP contribution is 2.25. The molecule has 0 saturated heterocycles. The van der Waals surface area contributed by atoms with Crippen molar-refractivity contribution in [3.05, 3.63) is 0 Å². The first kappa shape index (κ1) is 8.12. The molecule has 58 valence electrons. The summed E-state index contributed by atoms with van der Waals surface area (Å²) in [5.41, 5.74) is 6.18. The van der Waals surface area contributed by atoms with Crippen molar-refractivity contribution in [2.75, 3.05) is 0 Å². The van der Waals surface area contributed by atoms with Gasteiger partial charge in [0.1, 0.15) is 7.85 Å². The largest absolute Gasteiger partial charge is 0.332 e. The van der Waals surface area contributed by atoms with E-state index in [4.69, 9.17) is 5.73 Å². The van der Waals surface area contributed by atoms with Crippen molar-refractivity contribution in [3.63, 3.8) is 0 Å². The van der Waals surface area contributed by atoms with Gasteiger partial charge in [0.25, 0.3) is 0 Å². The molecule has 0 bridgehead atoms. The van der Waals surface area contributed by atoms with Gasteiger partial charge in [-0.3, -0.25) is 0 Å². The number of hydrogen-bond donors (Lipinski definition) is 1. The van der Waals surface area contributed by atoms with Gasteiger partial charge in [-0.25, -0.2) is 0 Å². The standard InChI is InChI=1S/C8H18BN/c1-7-3-2-5-8(9,10)6-4-7/h7H,2-6,9-10H2,1H3. The maximum absolute atomic E-state index is 6.04. The lowest BCUT2D eigenvalue weighted by Gasteiger charge is -2.21. The highest BCUT2D eigenvalue weighted by atomic mass is 14.7. The van der Waals surface area contributed by atoms with Crippen molar-refractivity contribution in [1.82, 2.24) is 0 Å². The normalized spacial score (nSPS) is 42.8. The van der Waals surface area contributed by atoms with E-state index in [9.17, 15) is 0 Å². The minimum absolute atomic E-state index is 0.144. The van der Waals surface area contributed by atoms with Crippen molar-refractivity contribution >= 4 is 7.85 Å². The third-order valence-corrected chi connectivity index (χ3v) is 2.65. The van der Waals surface area contributed by atoms with Gasteiger partial charge in [-0.1, -0.05) is 19.8 Å². The molecule has 2 N–H and O–H groups in total. The molecule has 0 aromatic carbocycles. The van der Waals surface area contributed by atoms with Gasteiger partial charge in [0.15, 0.2) is 0 Å². The van der Waals surface area contributed by atoms with E-state index in [2.05, 4.69) is 14.8 Å². The molecule has 0 radical (unpaired) electrons. The fourth-order valence-corrected chi connectivity index (χ4v) is 1.70. The summed E-state index contributed by atoms with van der Waals surface area (Å²) in [7, 11) is 2.19. The Bertz CT molecular complexity index is 112. The Kier molecular flexibility index (Phi) is 2.40. The van der Waals surface area contributed by atoms with Crippen LogP contribution in [0.2, 0.25) is 0 Å². The minimum atomic E-state index is 0.144. The monoisotopic (exact) mass is 139 g/mol. The molecular formula is C8H18BN. The first-order valence-corrected chi connectivity index (χ1v) is 4.39. The second-order valence-corrected chi connectivity index (χ2v) is 4.19. The summed E-state index contributed by atoms with van der Waals surface area (Å²) in [5, 5.41) is 0. The van der Waals surface area contributed by atoms with Crippen LogP contribution in [0.3, 0.4) is 0 Å². The molecule has 1 fully saturated rings. The molecule has 0 aromatic heterocycles. The molecule has 1 aliphatic rings. The maximum atomic E-state index is 6.04. The Labute approximate surface area is 64.8 Å². The lowest BCUT2D eigenvalue weighted by Crippen LogP contribution is -2.39. The third kappa shape index (κ3) is 2.33. The molecule has 1 nitrogen and oxygen atoms in total. The molecule has 1 saturated carbocycles. The van der Waals surface area contributed by atoms with Crippen LogP contribution >= 0.6 is 0 Å². The summed E-state index contributed by atoms with van der Waals surface area (Å²) in [5.74, 6) is 0.908. The van der Waals surface area contributed by atoms with Crippen LogP contribution in [0.5, 0.6) is 0 Å². The Morgan fingerprint density at radius 3 is 2.80 bits per heavy atom. The molecule has 2 atom stereocenters. The highest BCUT2D eigenvalue weighted by molar-refractivity contribution is 6.15. The van der Waals surface area contributed by atoms with Crippen molar-refractivity contribution in [1.29, 1.82) is 0 Å². The molecule has 1 rings (SSSR count). The van der Waals surface area contributed by atoms with E-state index in [-0.39, 0.29) is 5.44 Å². The predicted molar refractivity (Wildman–Crippen MR) is 47.7 cm³/mol. The molecular weight excluding hydrogens is 121 g/mol. The van der Waals surface area contributed by atoms with Crippen LogP contribution in [0.15, 0.2) is 0 Å².